The van der Waals surface area contributed by atoms with Crippen molar-refractivity contribution >= 4 is 9.84 Å². The highest BCUT2D eigenvalue weighted by atomic mass is 32.2. The van der Waals surface area contributed by atoms with E-state index in [4.69, 9.17) is 5.73 Å². The van der Waals surface area contributed by atoms with Crippen molar-refractivity contribution in [3.05, 3.63) is 0 Å². The molecule has 0 spiro atoms. The lowest BCUT2D eigenvalue weighted by Crippen LogP contribution is -2.56. The standard InChI is InChI=1S/C11H22N2O2S/c12-8-11(6-7-16(14,15)9-11)13-10-4-2-1-3-5-10/h10,13H,1-9,12H2. The lowest BCUT2D eigenvalue weighted by atomic mass is 9.91. The molecule has 1 saturated heterocycles. The first-order valence-corrected chi connectivity index (χ1v) is 8.06. The number of hydrogen-bond donors (Lipinski definition) is 2. The van der Waals surface area contributed by atoms with Crippen LogP contribution in [0, 0.1) is 0 Å². The molecule has 1 heterocycles. The van der Waals surface area contributed by atoms with Crippen LogP contribution in [0.3, 0.4) is 0 Å². The minimum absolute atomic E-state index is 0.229. The zero-order valence-electron chi connectivity index (χ0n) is 9.74. The molecular weight excluding hydrogens is 224 g/mol. The van der Waals surface area contributed by atoms with Crippen molar-refractivity contribution in [1.29, 1.82) is 0 Å². The Hall–Kier alpha value is -0.130. The van der Waals surface area contributed by atoms with Gasteiger partial charge in [-0.1, -0.05) is 19.3 Å². The van der Waals surface area contributed by atoms with Gasteiger partial charge in [0.05, 0.1) is 11.5 Å². The van der Waals surface area contributed by atoms with E-state index in [0.717, 1.165) is 0 Å². The highest BCUT2D eigenvalue weighted by molar-refractivity contribution is 7.91. The smallest absolute Gasteiger partial charge is 0.152 e. The number of sulfone groups is 1. The Balaban J connectivity index is 1.99. The first-order valence-electron chi connectivity index (χ1n) is 6.23. The third kappa shape index (κ3) is 2.76. The van der Waals surface area contributed by atoms with E-state index in [1.807, 2.05) is 0 Å². The van der Waals surface area contributed by atoms with E-state index < -0.39 is 9.84 Å². The quantitative estimate of drug-likeness (QED) is 0.757. The van der Waals surface area contributed by atoms with Gasteiger partial charge in [-0.25, -0.2) is 8.42 Å². The normalized spacial score (nSPS) is 35.3. The highest BCUT2D eigenvalue weighted by Crippen LogP contribution is 2.26. The van der Waals surface area contributed by atoms with E-state index in [1.54, 1.807) is 0 Å². The van der Waals surface area contributed by atoms with E-state index in [9.17, 15) is 8.42 Å². The molecule has 1 aliphatic heterocycles. The molecule has 0 aromatic rings. The topological polar surface area (TPSA) is 72.2 Å². The summed E-state index contributed by atoms with van der Waals surface area (Å²) in [7, 11) is -2.86. The van der Waals surface area contributed by atoms with E-state index in [0.29, 0.717) is 24.8 Å². The second kappa shape index (κ2) is 4.63. The maximum atomic E-state index is 11.6. The predicted molar refractivity (Wildman–Crippen MR) is 65.1 cm³/mol. The van der Waals surface area contributed by atoms with Gasteiger partial charge in [-0.15, -0.1) is 0 Å². The third-order valence-corrected chi connectivity index (χ3v) is 5.71. The third-order valence-electron chi connectivity index (χ3n) is 3.89. The van der Waals surface area contributed by atoms with E-state index >= 15 is 0 Å². The molecule has 1 atom stereocenters. The van der Waals surface area contributed by atoms with Crippen LogP contribution in [0.15, 0.2) is 0 Å². The molecule has 2 fully saturated rings. The molecule has 0 radical (unpaired) electrons. The summed E-state index contributed by atoms with van der Waals surface area (Å²) in [5.74, 6) is 0.525. The molecule has 4 nitrogen and oxygen atoms in total. The predicted octanol–water partition coefficient (Wildman–Crippen LogP) is 0.425. The molecule has 94 valence electrons. The first kappa shape index (κ1) is 12.3. The first-order chi connectivity index (χ1) is 7.55. The zero-order valence-corrected chi connectivity index (χ0v) is 10.6. The Kier molecular flexibility index (Phi) is 3.56. The van der Waals surface area contributed by atoms with Crippen LogP contribution in [0.5, 0.6) is 0 Å². The molecule has 5 heteroatoms. The molecule has 0 amide bonds. The van der Waals surface area contributed by atoms with Crippen molar-refractivity contribution in [1.82, 2.24) is 5.32 Å². The SMILES string of the molecule is NCC1(NC2CCCCC2)CCS(=O)(=O)C1. The van der Waals surface area contributed by atoms with Crippen molar-refractivity contribution in [2.24, 2.45) is 5.73 Å². The van der Waals surface area contributed by atoms with Crippen molar-refractivity contribution in [2.45, 2.75) is 50.1 Å². The van der Waals surface area contributed by atoms with Gasteiger partial charge in [0.25, 0.3) is 0 Å². The van der Waals surface area contributed by atoms with Crippen LogP contribution in [0.1, 0.15) is 38.5 Å². The summed E-state index contributed by atoms with van der Waals surface area (Å²) in [5, 5.41) is 3.53. The van der Waals surface area contributed by atoms with Gasteiger partial charge < -0.3 is 11.1 Å². The maximum Gasteiger partial charge on any atom is 0.152 e. The number of hydrogen-bond acceptors (Lipinski definition) is 4. The van der Waals surface area contributed by atoms with Gasteiger partial charge in [0, 0.05) is 18.1 Å². The molecule has 16 heavy (non-hydrogen) atoms. The van der Waals surface area contributed by atoms with E-state index in [1.165, 1.54) is 32.1 Å². The lowest BCUT2D eigenvalue weighted by molar-refractivity contribution is 0.272. The summed E-state index contributed by atoms with van der Waals surface area (Å²) in [5.41, 5.74) is 5.45. The lowest BCUT2D eigenvalue weighted by Gasteiger charge is -2.34. The maximum absolute atomic E-state index is 11.6. The van der Waals surface area contributed by atoms with Crippen LogP contribution in [0.25, 0.3) is 0 Å². The van der Waals surface area contributed by atoms with Crippen molar-refractivity contribution < 1.29 is 8.42 Å². The fraction of sp³-hybridized carbons (Fsp3) is 1.00. The molecular formula is C11H22N2O2S. The van der Waals surface area contributed by atoms with Crippen LogP contribution in [-0.4, -0.2) is 38.0 Å². The van der Waals surface area contributed by atoms with Crippen molar-refractivity contribution in [3.63, 3.8) is 0 Å². The Morgan fingerprint density at radius 1 is 1.25 bits per heavy atom. The van der Waals surface area contributed by atoms with Crippen LogP contribution in [0.2, 0.25) is 0 Å². The van der Waals surface area contributed by atoms with E-state index in [-0.39, 0.29) is 11.3 Å². The van der Waals surface area contributed by atoms with Gasteiger partial charge in [-0.2, -0.15) is 0 Å². The summed E-state index contributed by atoms with van der Waals surface area (Å²) in [6, 6.07) is 0.477. The summed E-state index contributed by atoms with van der Waals surface area (Å²) in [6.07, 6.45) is 6.84. The van der Waals surface area contributed by atoms with Crippen LogP contribution in [-0.2, 0) is 9.84 Å². The Bertz CT molecular complexity index is 336. The molecule has 1 saturated carbocycles. The fourth-order valence-electron chi connectivity index (χ4n) is 2.93. The second-order valence-corrected chi connectivity index (χ2v) is 7.49. The molecule has 1 aliphatic carbocycles. The summed E-state index contributed by atoms with van der Waals surface area (Å²) < 4.78 is 23.1. The zero-order chi connectivity index (χ0) is 11.6. The molecule has 0 aromatic carbocycles. The Morgan fingerprint density at radius 2 is 1.94 bits per heavy atom. The summed E-state index contributed by atoms with van der Waals surface area (Å²) >= 11 is 0. The molecule has 2 rings (SSSR count). The average Bonchev–Trinajstić information content (AvgIpc) is 2.57. The van der Waals surface area contributed by atoms with Crippen LogP contribution < -0.4 is 11.1 Å². The van der Waals surface area contributed by atoms with Gasteiger partial charge in [0.2, 0.25) is 0 Å². The van der Waals surface area contributed by atoms with Gasteiger partial charge in [-0.3, -0.25) is 0 Å². The fourth-order valence-corrected chi connectivity index (χ4v) is 4.96. The average molecular weight is 246 g/mol. The van der Waals surface area contributed by atoms with Gasteiger partial charge in [0.1, 0.15) is 0 Å². The van der Waals surface area contributed by atoms with Gasteiger partial charge in [-0.05, 0) is 19.3 Å². The number of rotatable bonds is 3. The molecule has 3 N–H and O–H groups in total. The van der Waals surface area contributed by atoms with Gasteiger partial charge >= 0.3 is 0 Å². The van der Waals surface area contributed by atoms with Crippen LogP contribution >= 0.6 is 0 Å². The van der Waals surface area contributed by atoms with Crippen molar-refractivity contribution in [2.75, 3.05) is 18.1 Å². The minimum Gasteiger partial charge on any atom is -0.329 e. The number of nitrogens with one attached hydrogen (secondary N) is 1. The molecule has 2 aliphatic rings. The monoisotopic (exact) mass is 246 g/mol. The molecule has 0 aromatic heterocycles. The summed E-state index contributed by atoms with van der Waals surface area (Å²) in [4.78, 5) is 0. The highest BCUT2D eigenvalue weighted by Gasteiger charge is 2.42. The Morgan fingerprint density at radius 3 is 2.44 bits per heavy atom. The minimum atomic E-state index is -2.86. The molecule has 0 bridgehead atoms. The van der Waals surface area contributed by atoms with Crippen molar-refractivity contribution in [3.8, 4) is 0 Å². The largest absolute Gasteiger partial charge is 0.329 e. The molecule has 1 unspecified atom stereocenters. The van der Waals surface area contributed by atoms with E-state index in [2.05, 4.69) is 5.32 Å². The summed E-state index contributed by atoms with van der Waals surface area (Å²) in [6.45, 7) is 0.433. The number of nitrogens with two attached hydrogens (primary N) is 1. The Labute approximate surface area is 97.9 Å². The van der Waals surface area contributed by atoms with Gasteiger partial charge in [0.15, 0.2) is 9.84 Å². The van der Waals surface area contributed by atoms with Crippen LogP contribution in [0.4, 0.5) is 0 Å². The second-order valence-electron chi connectivity index (χ2n) is 5.31.